The summed E-state index contributed by atoms with van der Waals surface area (Å²) in [4.78, 5) is 11.8. The van der Waals surface area contributed by atoms with Gasteiger partial charge in [0.05, 0.1) is 0 Å². The Labute approximate surface area is 228 Å². The first-order chi connectivity index (χ1) is 18.3. The summed E-state index contributed by atoms with van der Waals surface area (Å²) < 4.78 is 0. The fourth-order valence-corrected chi connectivity index (χ4v) is 3.43. The van der Waals surface area contributed by atoms with Gasteiger partial charge in [-0.15, -0.1) is 0 Å². The topological polar surface area (TPSA) is 17.1 Å². The van der Waals surface area contributed by atoms with Crippen LogP contribution in [0.3, 0.4) is 0 Å². The summed E-state index contributed by atoms with van der Waals surface area (Å²) in [6.45, 7) is 3.98. The van der Waals surface area contributed by atoms with Gasteiger partial charge in [0.2, 0.25) is 5.78 Å². The molecular formula is C36H40O. The molecule has 0 saturated carbocycles. The lowest BCUT2D eigenvalue weighted by atomic mass is 10.0. The summed E-state index contributed by atoms with van der Waals surface area (Å²) in [7, 11) is 0. The van der Waals surface area contributed by atoms with Crippen LogP contribution in [0.15, 0.2) is 0 Å². The maximum Gasteiger partial charge on any atom is 0.206 e. The number of carbonyl (C=O) groups is 1. The van der Waals surface area contributed by atoms with Gasteiger partial charge in [0.25, 0.3) is 0 Å². The highest BCUT2D eigenvalue weighted by Gasteiger charge is 1.97. The van der Waals surface area contributed by atoms with Gasteiger partial charge in [-0.25, -0.2) is 0 Å². The first-order valence-electron chi connectivity index (χ1n) is 13.8. The van der Waals surface area contributed by atoms with Crippen molar-refractivity contribution in [3.8, 4) is 94.7 Å². The minimum absolute atomic E-state index is 0.0600. The average molecular weight is 489 g/mol. The summed E-state index contributed by atoms with van der Waals surface area (Å²) in [6, 6.07) is 0. The second-order valence-electron chi connectivity index (χ2n) is 8.60. The molecule has 0 fully saturated rings. The second kappa shape index (κ2) is 30.2. The van der Waals surface area contributed by atoms with Gasteiger partial charge in [-0.05, 0) is 102 Å². The largest absolute Gasteiger partial charge is 0.285 e. The number of ketones is 1. The summed E-state index contributed by atoms with van der Waals surface area (Å²) in [6.07, 6.45) is 21.6. The van der Waals surface area contributed by atoms with Crippen LogP contribution in [-0.4, -0.2) is 5.78 Å². The molecule has 0 aromatic heterocycles. The van der Waals surface area contributed by atoms with Crippen molar-refractivity contribution in [2.75, 3.05) is 0 Å². The van der Waals surface area contributed by atoms with Crippen molar-refractivity contribution in [1.29, 1.82) is 0 Å². The number of hydrogen-bond donors (Lipinski definition) is 0. The Kier molecular flexibility index (Phi) is 27.0. The van der Waals surface area contributed by atoms with E-state index in [0.717, 1.165) is 12.8 Å². The number of rotatable bonds is 17. The van der Waals surface area contributed by atoms with E-state index in [1.165, 1.54) is 89.9 Å². The van der Waals surface area contributed by atoms with Crippen LogP contribution in [0.25, 0.3) is 0 Å². The van der Waals surface area contributed by atoms with Gasteiger partial charge >= 0.3 is 0 Å². The lowest BCUT2D eigenvalue weighted by molar-refractivity contribution is -0.113. The molecule has 0 amide bonds. The fourth-order valence-electron chi connectivity index (χ4n) is 3.43. The van der Waals surface area contributed by atoms with E-state index >= 15 is 0 Å². The zero-order valence-corrected chi connectivity index (χ0v) is 22.9. The van der Waals surface area contributed by atoms with Crippen LogP contribution in [0.5, 0.6) is 0 Å². The van der Waals surface area contributed by atoms with Crippen LogP contribution in [0.4, 0.5) is 0 Å². The third-order valence-electron chi connectivity index (χ3n) is 5.40. The number of carbonyl (C=O) groups excluding carboxylic acids is 1. The summed E-state index contributed by atoms with van der Waals surface area (Å²) >= 11 is 0. The molecule has 0 aliphatic rings. The van der Waals surface area contributed by atoms with Gasteiger partial charge in [-0.2, -0.15) is 0 Å². The minimum atomic E-state index is -0.0600. The van der Waals surface area contributed by atoms with Crippen LogP contribution in [0.1, 0.15) is 123 Å². The molecule has 1 heteroatoms. The Morgan fingerprint density at radius 2 is 0.703 bits per heavy atom. The molecule has 0 atom stereocenters. The monoisotopic (exact) mass is 488 g/mol. The van der Waals surface area contributed by atoms with Crippen molar-refractivity contribution in [3.63, 3.8) is 0 Å². The zero-order valence-electron chi connectivity index (χ0n) is 22.9. The average Bonchev–Trinajstić information content (AvgIpc) is 2.90. The Balaban J connectivity index is 3.70. The lowest BCUT2D eigenvalue weighted by Gasteiger charge is -2.03. The molecule has 0 bridgehead atoms. The van der Waals surface area contributed by atoms with Gasteiger partial charge < -0.3 is 0 Å². The fraction of sp³-hybridized carbons (Fsp3) is 0.528. The predicted molar refractivity (Wildman–Crippen MR) is 157 cm³/mol. The van der Waals surface area contributed by atoms with Crippen molar-refractivity contribution in [1.82, 2.24) is 0 Å². The van der Waals surface area contributed by atoms with Crippen molar-refractivity contribution < 1.29 is 4.79 Å². The Morgan fingerprint density at radius 1 is 0.405 bits per heavy atom. The highest BCUT2D eigenvalue weighted by atomic mass is 16.1. The molecule has 0 aromatic rings. The van der Waals surface area contributed by atoms with E-state index in [2.05, 4.69) is 102 Å². The molecule has 0 heterocycles. The molecule has 0 radical (unpaired) electrons. The highest BCUT2D eigenvalue weighted by molar-refractivity contribution is 5.95. The molecule has 0 spiro atoms. The van der Waals surface area contributed by atoms with Crippen molar-refractivity contribution in [2.24, 2.45) is 0 Å². The van der Waals surface area contributed by atoms with E-state index in [1.807, 2.05) is 0 Å². The molecule has 0 unspecified atom stereocenters. The molecular weight excluding hydrogens is 448 g/mol. The van der Waals surface area contributed by atoms with E-state index in [1.54, 1.807) is 6.92 Å². The van der Waals surface area contributed by atoms with Crippen LogP contribution < -0.4 is 0 Å². The van der Waals surface area contributed by atoms with Crippen molar-refractivity contribution in [3.05, 3.63) is 0 Å². The van der Waals surface area contributed by atoms with Gasteiger partial charge in [0.15, 0.2) is 0 Å². The summed E-state index contributed by atoms with van der Waals surface area (Å²) in [5, 5.41) is 0. The van der Waals surface area contributed by atoms with E-state index in [-0.39, 0.29) is 5.78 Å². The predicted octanol–water partition coefficient (Wildman–Crippen LogP) is 7.25. The maximum absolute atomic E-state index is 11.8. The summed E-state index contributed by atoms with van der Waals surface area (Å²) in [5.74, 6) is 40.8. The molecule has 0 aliphatic carbocycles. The second-order valence-corrected chi connectivity index (χ2v) is 8.60. The van der Waals surface area contributed by atoms with E-state index in [9.17, 15) is 4.79 Å². The molecule has 0 rings (SSSR count). The van der Waals surface area contributed by atoms with E-state index in [0.29, 0.717) is 6.42 Å². The Morgan fingerprint density at radius 3 is 1.05 bits per heavy atom. The normalized spacial score (nSPS) is 7.95. The van der Waals surface area contributed by atoms with E-state index in [4.69, 9.17) is 0 Å². The van der Waals surface area contributed by atoms with Crippen LogP contribution >= 0.6 is 0 Å². The molecule has 37 heavy (non-hydrogen) atoms. The minimum Gasteiger partial charge on any atom is -0.285 e. The smallest absolute Gasteiger partial charge is 0.206 e. The Hall–Kier alpha value is -3.85. The Bertz CT molecular complexity index is 1140. The lowest BCUT2D eigenvalue weighted by Crippen LogP contribution is -1.92. The SMILES string of the molecule is CC#CC#CC#CC#CC#CC#CC#CC#CC(=O)CCCCCCCCCCCCCCCCCC. The number of hydrogen-bond acceptors (Lipinski definition) is 1. The quantitative estimate of drug-likeness (QED) is 0.120. The maximum atomic E-state index is 11.8. The van der Waals surface area contributed by atoms with Crippen LogP contribution in [0.2, 0.25) is 0 Å². The molecule has 0 aromatic carbocycles. The highest BCUT2D eigenvalue weighted by Crippen LogP contribution is 2.14. The number of Topliss-reactive ketones (excluding diaryl/α,β-unsaturated/α-hetero) is 1. The summed E-state index contributed by atoms with van der Waals surface area (Å²) in [5.41, 5.74) is 0. The molecule has 0 saturated heterocycles. The first kappa shape index (κ1) is 33.1. The van der Waals surface area contributed by atoms with Gasteiger partial charge in [-0.3, -0.25) is 4.79 Å². The van der Waals surface area contributed by atoms with Crippen LogP contribution in [-0.2, 0) is 4.79 Å². The van der Waals surface area contributed by atoms with Crippen LogP contribution in [0, 0.1) is 94.7 Å². The van der Waals surface area contributed by atoms with Gasteiger partial charge in [-0.1, -0.05) is 109 Å². The van der Waals surface area contributed by atoms with Crippen molar-refractivity contribution >= 4 is 5.78 Å². The van der Waals surface area contributed by atoms with E-state index < -0.39 is 0 Å². The third-order valence-corrected chi connectivity index (χ3v) is 5.40. The van der Waals surface area contributed by atoms with Gasteiger partial charge in [0.1, 0.15) is 0 Å². The third kappa shape index (κ3) is 30.1. The standard InChI is InChI=1S/C36H40O/c1-3-5-7-9-11-13-15-17-19-21-23-25-27-29-31-33-35-36(37)34-32-30-28-26-24-22-20-18-16-14-12-10-8-6-4-2/h3,5,7,9,11,13,15,17,19,21,23,25,27,29,31,33,35H2,1-2H3. The number of unbranched alkanes of at least 4 members (excludes halogenated alkanes) is 15. The first-order valence-corrected chi connectivity index (χ1v) is 13.8. The van der Waals surface area contributed by atoms with Gasteiger partial charge in [0, 0.05) is 6.42 Å². The molecule has 190 valence electrons. The molecule has 0 N–H and O–H groups in total. The molecule has 1 nitrogen and oxygen atoms in total. The molecule has 0 aliphatic heterocycles. The van der Waals surface area contributed by atoms with Crippen molar-refractivity contribution in [2.45, 2.75) is 123 Å². The zero-order chi connectivity index (χ0) is 26.9.